The van der Waals surface area contributed by atoms with Crippen molar-refractivity contribution < 1.29 is 18.9 Å². The number of benzene rings is 1. The van der Waals surface area contributed by atoms with Crippen LogP contribution in [0.5, 0.6) is 0 Å². The summed E-state index contributed by atoms with van der Waals surface area (Å²) in [6.45, 7) is 2.98. The molecule has 0 aliphatic carbocycles. The van der Waals surface area contributed by atoms with Gasteiger partial charge in [-0.2, -0.15) is 4.98 Å². The summed E-state index contributed by atoms with van der Waals surface area (Å²) in [4.78, 5) is 47.6. The van der Waals surface area contributed by atoms with Crippen LogP contribution in [0, 0.1) is 0 Å². The standard InChI is InChI=1S/C21H19N5O4S/c1-24-20(28)14-5-4-13(11-15(14)21(24)29)19(27)26-8-6-25(7-9-26)12-17-22-18(23-30-17)16-3-2-10-31-16/h2-5,10-11H,6-9,12H2,1H3. The van der Waals surface area contributed by atoms with Crippen LogP contribution in [0.2, 0.25) is 0 Å². The highest BCUT2D eigenvalue weighted by atomic mass is 32.1. The quantitative estimate of drug-likeness (QED) is 0.576. The van der Waals surface area contributed by atoms with E-state index >= 15 is 0 Å². The van der Waals surface area contributed by atoms with Crippen molar-refractivity contribution in [1.29, 1.82) is 0 Å². The van der Waals surface area contributed by atoms with Crippen LogP contribution >= 0.6 is 11.3 Å². The van der Waals surface area contributed by atoms with Crippen molar-refractivity contribution in [1.82, 2.24) is 24.8 Å². The molecule has 158 valence electrons. The van der Waals surface area contributed by atoms with Crippen LogP contribution < -0.4 is 0 Å². The van der Waals surface area contributed by atoms with Gasteiger partial charge in [-0.25, -0.2) is 0 Å². The second-order valence-corrected chi connectivity index (χ2v) is 8.43. The van der Waals surface area contributed by atoms with Gasteiger partial charge < -0.3 is 9.42 Å². The Hall–Kier alpha value is -3.37. The summed E-state index contributed by atoms with van der Waals surface area (Å²) in [5.74, 6) is 0.287. The third-order valence-corrected chi connectivity index (χ3v) is 6.43. The number of nitrogens with zero attached hydrogens (tertiary/aromatic N) is 5. The van der Waals surface area contributed by atoms with E-state index in [1.165, 1.54) is 13.1 Å². The second kappa shape index (κ2) is 7.71. The maximum atomic E-state index is 12.9. The third-order valence-electron chi connectivity index (χ3n) is 5.56. The van der Waals surface area contributed by atoms with Crippen molar-refractivity contribution in [3.8, 4) is 10.7 Å². The molecule has 2 aliphatic rings. The number of aromatic nitrogens is 2. The molecule has 2 aromatic heterocycles. The Balaban J connectivity index is 1.21. The molecular weight excluding hydrogens is 418 g/mol. The summed E-state index contributed by atoms with van der Waals surface area (Å²) in [6.07, 6.45) is 0. The first-order chi connectivity index (χ1) is 15.0. The Labute approximate surface area is 181 Å². The average molecular weight is 437 g/mol. The lowest BCUT2D eigenvalue weighted by Gasteiger charge is -2.34. The minimum Gasteiger partial charge on any atom is -0.338 e. The van der Waals surface area contributed by atoms with Gasteiger partial charge in [0.15, 0.2) is 0 Å². The molecule has 4 heterocycles. The molecule has 0 atom stereocenters. The zero-order valence-corrected chi connectivity index (χ0v) is 17.6. The van der Waals surface area contributed by atoms with Gasteiger partial charge in [-0.1, -0.05) is 11.2 Å². The number of hydrogen-bond acceptors (Lipinski definition) is 8. The predicted molar refractivity (Wildman–Crippen MR) is 112 cm³/mol. The topological polar surface area (TPSA) is 99.9 Å². The van der Waals surface area contributed by atoms with Crippen molar-refractivity contribution in [2.24, 2.45) is 0 Å². The van der Waals surface area contributed by atoms with Gasteiger partial charge in [0.1, 0.15) is 0 Å². The van der Waals surface area contributed by atoms with E-state index in [0.29, 0.717) is 55.6 Å². The number of piperazine rings is 1. The lowest BCUT2D eigenvalue weighted by molar-refractivity contribution is 0.0614. The van der Waals surface area contributed by atoms with Gasteiger partial charge in [0, 0.05) is 38.8 Å². The largest absolute Gasteiger partial charge is 0.338 e. The van der Waals surface area contributed by atoms with Crippen molar-refractivity contribution in [3.05, 3.63) is 58.3 Å². The monoisotopic (exact) mass is 437 g/mol. The van der Waals surface area contributed by atoms with Crippen molar-refractivity contribution >= 4 is 29.1 Å². The minimum absolute atomic E-state index is 0.143. The van der Waals surface area contributed by atoms with E-state index in [-0.39, 0.29) is 23.3 Å². The SMILES string of the molecule is CN1C(=O)c2ccc(C(=O)N3CCN(Cc4nc(-c5cccs5)no4)CC3)cc2C1=O. The zero-order valence-electron chi connectivity index (χ0n) is 16.8. The summed E-state index contributed by atoms with van der Waals surface area (Å²) < 4.78 is 5.36. The second-order valence-electron chi connectivity index (χ2n) is 7.49. The molecule has 2 aliphatic heterocycles. The molecule has 9 nitrogen and oxygen atoms in total. The van der Waals surface area contributed by atoms with Gasteiger partial charge in [0.05, 0.1) is 22.5 Å². The molecule has 10 heteroatoms. The Bertz CT molecular complexity index is 1160. The minimum atomic E-state index is -0.374. The highest BCUT2D eigenvalue weighted by Gasteiger charge is 2.34. The number of hydrogen-bond donors (Lipinski definition) is 0. The molecule has 0 radical (unpaired) electrons. The average Bonchev–Trinajstić information content (AvgIpc) is 3.53. The van der Waals surface area contributed by atoms with E-state index in [1.54, 1.807) is 28.4 Å². The number of carbonyl (C=O) groups excluding carboxylic acids is 3. The van der Waals surface area contributed by atoms with Crippen LogP contribution in [0.25, 0.3) is 10.7 Å². The summed E-state index contributed by atoms with van der Waals surface area (Å²) in [5, 5.41) is 6.00. The van der Waals surface area contributed by atoms with Crippen LogP contribution in [0.4, 0.5) is 0 Å². The molecule has 0 saturated carbocycles. The molecule has 0 unspecified atom stereocenters. The van der Waals surface area contributed by atoms with Gasteiger partial charge in [-0.3, -0.25) is 24.2 Å². The number of carbonyl (C=O) groups is 3. The van der Waals surface area contributed by atoms with E-state index in [0.717, 1.165) is 9.78 Å². The number of imide groups is 1. The molecule has 3 amide bonds. The summed E-state index contributed by atoms with van der Waals surface area (Å²) in [7, 11) is 1.44. The van der Waals surface area contributed by atoms with E-state index < -0.39 is 0 Å². The Morgan fingerprint density at radius 3 is 2.61 bits per heavy atom. The lowest BCUT2D eigenvalue weighted by atomic mass is 10.0. The van der Waals surface area contributed by atoms with Crippen molar-refractivity contribution in [2.75, 3.05) is 33.2 Å². The fourth-order valence-electron chi connectivity index (χ4n) is 3.80. The number of rotatable bonds is 4. The maximum Gasteiger partial charge on any atom is 0.261 e. The fourth-order valence-corrected chi connectivity index (χ4v) is 4.45. The van der Waals surface area contributed by atoms with Gasteiger partial charge >= 0.3 is 0 Å². The molecule has 0 spiro atoms. The maximum absolute atomic E-state index is 12.9. The molecule has 31 heavy (non-hydrogen) atoms. The van der Waals surface area contributed by atoms with E-state index in [2.05, 4.69) is 15.0 Å². The van der Waals surface area contributed by atoms with Crippen LogP contribution in [0.3, 0.4) is 0 Å². The first-order valence-corrected chi connectivity index (χ1v) is 10.7. The Morgan fingerprint density at radius 1 is 1.10 bits per heavy atom. The molecule has 5 rings (SSSR count). The van der Waals surface area contributed by atoms with E-state index in [4.69, 9.17) is 4.52 Å². The zero-order chi connectivity index (χ0) is 21.5. The smallest absolute Gasteiger partial charge is 0.261 e. The highest BCUT2D eigenvalue weighted by Crippen LogP contribution is 2.24. The van der Waals surface area contributed by atoms with Crippen molar-refractivity contribution in [3.63, 3.8) is 0 Å². The molecule has 1 fully saturated rings. The lowest BCUT2D eigenvalue weighted by Crippen LogP contribution is -2.48. The molecular formula is C21H19N5O4S. The van der Waals surface area contributed by atoms with Gasteiger partial charge in [-0.15, -0.1) is 11.3 Å². The Morgan fingerprint density at radius 2 is 1.87 bits per heavy atom. The molecule has 0 bridgehead atoms. The van der Waals surface area contributed by atoms with Crippen LogP contribution in [0.1, 0.15) is 37.0 Å². The fraction of sp³-hybridized carbons (Fsp3) is 0.286. The molecule has 0 N–H and O–H groups in total. The van der Waals surface area contributed by atoms with E-state index in [9.17, 15) is 14.4 Å². The third kappa shape index (κ3) is 3.53. The number of fused-ring (bicyclic) bond motifs is 1. The van der Waals surface area contributed by atoms with Crippen molar-refractivity contribution in [2.45, 2.75) is 6.54 Å². The molecule has 1 saturated heterocycles. The van der Waals surface area contributed by atoms with Crippen LogP contribution in [-0.2, 0) is 6.54 Å². The predicted octanol–water partition coefficient (Wildman–Crippen LogP) is 1.98. The Kier molecular flexibility index (Phi) is 4.87. The summed E-state index contributed by atoms with van der Waals surface area (Å²) in [6, 6.07) is 8.59. The summed E-state index contributed by atoms with van der Waals surface area (Å²) >= 11 is 1.56. The highest BCUT2D eigenvalue weighted by molar-refractivity contribution is 7.13. The van der Waals surface area contributed by atoms with Crippen LogP contribution in [0.15, 0.2) is 40.2 Å². The molecule has 1 aromatic carbocycles. The number of thiophene rings is 1. The van der Waals surface area contributed by atoms with E-state index in [1.807, 2.05) is 17.5 Å². The first kappa shape index (κ1) is 19.6. The van der Waals surface area contributed by atoms with Gasteiger partial charge in [0.25, 0.3) is 17.7 Å². The number of amides is 3. The normalized spacial score (nSPS) is 16.8. The van der Waals surface area contributed by atoms with Gasteiger partial charge in [0.2, 0.25) is 11.7 Å². The molecule has 3 aromatic rings. The summed E-state index contributed by atoms with van der Waals surface area (Å²) in [5.41, 5.74) is 1.05. The van der Waals surface area contributed by atoms with Gasteiger partial charge in [-0.05, 0) is 29.6 Å². The first-order valence-electron chi connectivity index (χ1n) is 9.86. The van der Waals surface area contributed by atoms with Crippen LogP contribution in [-0.4, -0.2) is 75.8 Å².